The van der Waals surface area contributed by atoms with Crippen molar-refractivity contribution in [2.45, 2.75) is 12.6 Å². The largest absolute Gasteiger partial charge is 0.496 e. The quantitative estimate of drug-likeness (QED) is 0.889. The first kappa shape index (κ1) is 17.0. The zero-order valence-corrected chi connectivity index (χ0v) is 15.2. The zero-order chi connectivity index (χ0) is 17.9. The van der Waals surface area contributed by atoms with E-state index in [1.807, 2.05) is 24.3 Å². The number of benzene rings is 2. The lowest BCUT2D eigenvalue weighted by Crippen LogP contribution is -2.45. The summed E-state index contributed by atoms with van der Waals surface area (Å²) < 4.78 is 22.1. The van der Waals surface area contributed by atoms with Crippen LogP contribution in [0.25, 0.3) is 0 Å². The van der Waals surface area contributed by atoms with Gasteiger partial charge in [-0.25, -0.2) is 0 Å². The van der Waals surface area contributed by atoms with Gasteiger partial charge in [-0.15, -0.1) is 0 Å². The molecule has 1 unspecified atom stereocenters. The Morgan fingerprint density at radius 2 is 1.96 bits per heavy atom. The molecule has 2 aromatic rings. The summed E-state index contributed by atoms with van der Waals surface area (Å²) in [5.41, 5.74) is 2.35. The molecule has 0 amide bonds. The molecule has 26 heavy (non-hydrogen) atoms. The Bertz CT molecular complexity index is 780. The second kappa shape index (κ2) is 7.43. The summed E-state index contributed by atoms with van der Waals surface area (Å²) in [5.74, 6) is 3.09. The van der Waals surface area contributed by atoms with Crippen LogP contribution in [0.3, 0.4) is 0 Å². The molecule has 0 saturated carbocycles. The van der Waals surface area contributed by atoms with Crippen molar-refractivity contribution in [2.75, 3.05) is 40.6 Å². The molecule has 0 aromatic heterocycles. The van der Waals surface area contributed by atoms with Crippen molar-refractivity contribution in [1.29, 1.82) is 0 Å². The van der Waals surface area contributed by atoms with Crippen molar-refractivity contribution >= 4 is 0 Å². The van der Waals surface area contributed by atoms with Gasteiger partial charge >= 0.3 is 0 Å². The normalized spacial score (nSPS) is 19.4. The molecule has 0 radical (unpaired) electrons. The first-order valence-corrected chi connectivity index (χ1v) is 8.84. The van der Waals surface area contributed by atoms with Crippen LogP contribution in [0.2, 0.25) is 0 Å². The molecule has 0 aliphatic carbocycles. The van der Waals surface area contributed by atoms with Crippen LogP contribution < -0.4 is 24.3 Å². The molecule has 1 saturated heterocycles. The molecule has 1 N–H and O–H groups in total. The fourth-order valence-corrected chi connectivity index (χ4v) is 3.69. The lowest BCUT2D eigenvalue weighted by atomic mass is 10.0. The standard InChI is InChI=1S/C20H24N2O4/c1-23-17-6-4-3-5-15(17)16-11-21-7-8-22(16)12-14-9-18(24-2)20-19(10-14)25-13-26-20/h3-6,9-10,16,21H,7-8,11-13H2,1-2H3. The molecule has 138 valence electrons. The van der Waals surface area contributed by atoms with Gasteiger partial charge in [-0.05, 0) is 23.8 Å². The van der Waals surface area contributed by atoms with Crippen molar-refractivity contribution in [1.82, 2.24) is 10.2 Å². The third kappa shape index (κ3) is 3.18. The highest BCUT2D eigenvalue weighted by atomic mass is 16.7. The predicted molar refractivity (Wildman–Crippen MR) is 98.1 cm³/mol. The molecule has 4 rings (SSSR count). The van der Waals surface area contributed by atoms with E-state index >= 15 is 0 Å². The van der Waals surface area contributed by atoms with E-state index in [4.69, 9.17) is 18.9 Å². The van der Waals surface area contributed by atoms with E-state index in [9.17, 15) is 0 Å². The van der Waals surface area contributed by atoms with Gasteiger partial charge in [-0.3, -0.25) is 4.90 Å². The molecule has 2 aromatic carbocycles. The van der Waals surface area contributed by atoms with Crippen molar-refractivity contribution in [3.63, 3.8) is 0 Å². The SMILES string of the molecule is COc1ccccc1C1CNCCN1Cc1cc(OC)c2c(c1)OCO2. The van der Waals surface area contributed by atoms with Gasteiger partial charge in [-0.1, -0.05) is 18.2 Å². The Balaban J connectivity index is 1.62. The summed E-state index contributed by atoms with van der Waals surface area (Å²) in [6.07, 6.45) is 0. The van der Waals surface area contributed by atoms with E-state index in [1.165, 1.54) is 5.56 Å². The number of piperazine rings is 1. The Labute approximate surface area is 153 Å². The highest BCUT2D eigenvalue weighted by Gasteiger charge is 2.27. The number of rotatable bonds is 5. The molecule has 2 aliphatic heterocycles. The predicted octanol–water partition coefficient (Wildman–Crippen LogP) is 2.58. The third-order valence-electron chi connectivity index (χ3n) is 4.96. The molecule has 0 spiro atoms. The van der Waals surface area contributed by atoms with Gasteiger partial charge in [0.25, 0.3) is 0 Å². The van der Waals surface area contributed by atoms with Gasteiger partial charge in [0, 0.05) is 31.7 Å². The first-order chi connectivity index (χ1) is 12.8. The van der Waals surface area contributed by atoms with Crippen molar-refractivity contribution in [3.8, 4) is 23.0 Å². The van der Waals surface area contributed by atoms with Crippen molar-refractivity contribution < 1.29 is 18.9 Å². The number of methoxy groups -OCH3 is 2. The number of ether oxygens (including phenoxy) is 4. The fraction of sp³-hybridized carbons (Fsp3) is 0.400. The molecule has 6 heteroatoms. The van der Waals surface area contributed by atoms with Crippen LogP contribution in [0, 0.1) is 0 Å². The highest BCUT2D eigenvalue weighted by molar-refractivity contribution is 5.55. The van der Waals surface area contributed by atoms with Gasteiger partial charge < -0.3 is 24.3 Å². The summed E-state index contributed by atoms with van der Waals surface area (Å²) >= 11 is 0. The lowest BCUT2D eigenvalue weighted by Gasteiger charge is -2.37. The monoisotopic (exact) mass is 356 g/mol. The molecular weight excluding hydrogens is 332 g/mol. The van der Waals surface area contributed by atoms with Gasteiger partial charge in [0.1, 0.15) is 5.75 Å². The maximum atomic E-state index is 5.58. The number of nitrogens with zero attached hydrogens (tertiary/aromatic N) is 1. The maximum Gasteiger partial charge on any atom is 0.231 e. The summed E-state index contributed by atoms with van der Waals surface area (Å²) in [6.45, 7) is 3.86. The molecule has 0 bridgehead atoms. The van der Waals surface area contributed by atoms with E-state index in [2.05, 4.69) is 22.3 Å². The molecular formula is C20H24N2O4. The van der Waals surface area contributed by atoms with Crippen LogP contribution in [-0.2, 0) is 6.54 Å². The summed E-state index contributed by atoms with van der Waals surface area (Å²) in [5, 5.41) is 3.50. The third-order valence-corrected chi connectivity index (χ3v) is 4.96. The van der Waals surface area contributed by atoms with Gasteiger partial charge in [0.05, 0.1) is 20.3 Å². The number of nitrogens with one attached hydrogen (secondary N) is 1. The van der Waals surface area contributed by atoms with Crippen LogP contribution in [0.5, 0.6) is 23.0 Å². The van der Waals surface area contributed by atoms with Crippen molar-refractivity contribution in [2.24, 2.45) is 0 Å². The van der Waals surface area contributed by atoms with E-state index < -0.39 is 0 Å². The number of hydrogen-bond donors (Lipinski definition) is 1. The van der Waals surface area contributed by atoms with Gasteiger partial charge in [0.2, 0.25) is 12.5 Å². The van der Waals surface area contributed by atoms with E-state index in [-0.39, 0.29) is 12.8 Å². The minimum Gasteiger partial charge on any atom is -0.496 e. The average molecular weight is 356 g/mol. The molecule has 2 heterocycles. The second-order valence-electron chi connectivity index (χ2n) is 6.46. The fourth-order valence-electron chi connectivity index (χ4n) is 3.69. The van der Waals surface area contributed by atoms with Crippen LogP contribution >= 0.6 is 0 Å². The minimum absolute atomic E-state index is 0.243. The topological polar surface area (TPSA) is 52.2 Å². The molecule has 1 atom stereocenters. The molecule has 1 fully saturated rings. The minimum atomic E-state index is 0.243. The Kier molecular flexibility index (Phi) is 4.86. The molecule has 6 nitrogen and oxygen atoms in total. The second-order valence-corrected chi connectivity index (χ2v) is 6.46. The van der Waals surface area contributed by atoms with E-state index in [1.54, 1.807) is 14.2 Å². The van der Waals surface area contributed by atoms with Crippen LogP contribution in [-0.4, -0.2) is 45.5 Å². The lowest BCUT2D eigenvalue weighted by molar-refractivity contribution is 0.150. The van der Waals surface area contributed by atoms with Crippen LogP contribution in [0.4, 0.5) is 0 Å². The smallest absolute Gasteiger partial charge is 0.231 e. The number of hydrogen-bond acceptors (Lipinski definition) is 6. The van der Waals surface area contributed by atoms with E-state index in [0.717, 1.165) is 49.0 Å². The average Bonchev–Trinajstić information content (AvgIpc) is 3.16. The van der Waals surface area contributed by atoms with Crippen LogP contribution in [0.1, 0.15) is 17.2 Å². The Morgan fingerprint density at radius 3 is 2.81 bits per heavy atom. The van der Waals surface area contributed by atoms with Crippen molar-refractivity contribution in [3.05, 3.63) is 47.5 Å². The Morgan fingerprint density at radius 1 is 1.12 bits per heavy atom. The summed E-state index contributed by atoms with van der Waals surface area (Å²) in [6, 6.07) is 12.6. The van der Waals surface area contributed by atoms with Crippen LogP contribution in [0.15, 0.2) is 36.4 Å². The summed E-state index contributed by atoms with van der Waals surface area (Å²) in [7, 11) is 3.38. The van der Waals surface area contributed by atoms with E-state index in [0.29, 0.717) is 5.75 Å². The number of fused-ring (bicyclic) bond motifs is 1. The van der Waals surface area contributed by atoms with Gasteiger partial charge in [0.15, 0.2) is 11.5 Å². The Hall–Kier alpha value is -2.44. The highest BCUT2D eigenvalue weighted by Crippen LogP contribution is 2.42. The van der Waals surface area contributed by atoms with Gasteiger partial charge in [-0.2, -0.15) is 0 Å². The molecule has 2 aliphatic rings. The maximum absolute atomic E-state index is 5.58. The summed E-state index contributed by atoms with van der Waals surface area (Å²) in [4.78, 5) is 2.46. The zero-order valence-electron chi connectivity index (χ0n) is 15.2. The first-order valence-electron chi connectivity index (χ1n) is 8.84. The number of para-hydroxylation sites is 1.